The summed E-state index contributed by atoms with van der Waals surface area (Å²) >= 11 is 0. The molecule has 0 aromatic carbocycles. The normalized spacial score (nSPS) is 11.7. The van der Waals surface area contributed by atoms with Gasteiger partial charge >= 0.3 is 5.97 Å². The highest BCUT2D eigenvalue weighted by Gasteiger charge is 2.32. The molecular weight excluding hydrogens is 220 g/mol. The van der Waals surface area contributed by atoms with E-state index < -0.39 is 11.4 Å². The standard InChI is InChI=1S/C11H26N4O2/c1-11(10(16)17,8-14-6-2-4-12)9-15-7-3-5-13/h14-15H,2-9,12-13H2,1H3,(H,16,17). The first-order chi connectivity index (χ1) is 8.06. The van der Waals surface area contributed by atoms with Crippen LogP contribution in [0.1, 0.15) is 19.8 Å². The van der Waals surface area contributed by atoms with Crippen LogP contribution in [0, 0.1) is 5.41 Å². The minimum atomic E-state index is -0.794. The van der Waals surface area contributed by atoms with Gasteiger partial charge in [-0.3, -0.25) is 4.79 Å². The Labute approximate surface area is 103 Å². The molecule has 0 aromatic rings. The summed E-state index contributed by atoms with van der Waals surface area (Å²) in [5, 5.41) is 15.5. The lowest BCUT2D eigenvalue weighted by Gasteiger charge is -2.25. The monoisotopic (exact) mass is 246 g/mol. The van der Waals surface area contributed by atoms with Crippen molar-refractivity contribution in [1.29, 1.82) is 0 Å². The van der Waals surface area contributed by atoms with Crippen molar-refractivity contribution in [3.8, 4) is 0 Å². The maximum Gasteiger partial charge on any atom is 0.311 e. The van der Waals surface area contributed by atoms with Crippen molar-refractivity contribution in [3.05, 3.63) is 0 Å². The predicted molar refractivity (Wildman–Crippen MR) is 68.8 cm³/mol. The first-order valence-electron chi connectivity index (χ1n) is 6.12. The molecule has 0 aliphatic rings. The molecule has 0 aliphatic heterocycles. The zero-order chi connectivity index (χ0) is 13.1. The SMILES string of the molecule is CC(CNCCCN)(CNCCCN)C(=O)O. The molecule has 6 heteroatoms. The number of nitrogens with one attached hydrogen (secondary N) is 2. The number of rotatable bonds is 11. The Bertz CT molecular complexity index is 200. The Morgan fingerprint density at radius 2 is 1.53 bits per heavy atom. The zero-order valence-corrected chi connectivity index (χ0v) is 10.7. The Balaban J connectivity index is 3.94. The highest BCUT2D eigenvalue weighted by molar-refractivity contribution is 5.74. The van der Waals surface area contributed by atoms with E-state index in [2.05, 4.69) is 10.6 Å². The van der Waals surface area contributed by atoms with Gasteiger partial charge in [0.25, 0.3) is 0 Å². The smallest absolute Gasteiger partial charge is 0.311 e. The predicted octanol–water partition coefficient (Wildman–Crippen LogP) is -1.05. The van der Waals surface area contributed by atoms with Gasteiger partial charge in [-0.15, -0.1) is 0 Å². The van der Waals surface area contributed by atoms with Crippen LogP contribution in [0.4, 0.5) is 0 Å². The van der Waals surface area contributed by atoms with Crippen molar-refractivity contribution in [2.75, 3.05) is 39.3 Å². The first kappa shape index (κ1) is 16.3. The fraction of sp³-hybridized carbons (Fsp3) is 0.909. The molecule has 0 amide bonds. The van der Waals surface area contributed by atoms with Crippen molar-refractivity contribution >= 4 is 5.97 Å². The molecule has 0 radical (unpaired) electrons. The molecule has 0 rings (SSSR count). The van der Waals surface area contributed by atoms with Crippen LogP contribution < -0.4 is 22.1 Å². The molecule has 0 spiro atoms. The number of hydrogen-bond donors (Lipinski definition) is 5. The quantitative estimate of drug-likeness (QED) is 0.297. The summed E-state index contributed by atoms with van der Waals surface area (Å²) < 4.78 is 0. The average molecular weight is 246 g/mol. The lowest BCUT2D eigenvalue weighted by Crippen LogP contribution is -2.46. The Morgan fingerprint density at radius 1 is 1.12 bits per heavy atom. The molecule has 0 unspecified atom stereocenters. The van der Waals surface area contributed by atoms with Crippen LogP contribution in [0.25, 0.3) is 0 Å². The Kier molecular flexibility index (Phi) is 8.97. The van der Waals surface area contributed by atoms with E-state index in [-0.39, 0.29) is 0 Å². The second kappa shape index (κ2) is 9.35. The highest BCUT2D eigenvalue weighted by atomic mass is 16.4. The molecule has 17 heavy (non-hydrogen) atoms. The highest BCUT2D eigenvalue weighted by Crippen LogP contribution is 2.13. The summed E-state index contributed by atoms with van der Waals surface area (Å²) in [4.78, 5) is 11.2. The zero-order valence-electron chi connectivity index (χ0n) is 10.7. The van der Waals surface area contributed by atoms with Crippen LogP contribution in [0.2, 0.25) is 0 Å². The third kappa shape index (κ3) is 7.27. The van der Waals surface area contributed by atoms with Crippen LogP contribution in [-0.2, 0) is 4.79 Å². The third-order valence-electron chi connectivity index (χ3n) is 2.66. The first-order valence-corrected chi connectivity index (χ1v) is 6.12. The summed E-state index contributed by atoms with van der Waals surface area (Å²) in [6, 6.07) is 0. The van der Waals surface area contributed by atoms with E-state index in [9.17, 15) is 9.90 Å². The van der Waals surface area contributed by atoms with Crippen LogP contribution in [0.15, 0.2) is 0 Å². The van der Waals surface area contributed by atoms with E-state index >= 15 is 0 Å². The minimum Gasteiger partial charge on any atom is -0.481 e. The summed E-state index contributed by atoms with van der Waals surface area (Å²) in [5.74, 6) is -0.794. The molecule has 0 atom stereocenters. The maximum atomic E-state index is 11.2. The van der Waals surface area contributed by atoms with Crippen molar-refractivity contribution < 1.29 is 9.90 Å². The second-order valence-electron chi connectivity index (χ2n) is 4.50. The van der Waals surface area contributed by atoms with Gasteiger partial charge in [0.1, 0.15) is 0 Å². The number of carboxylic acids is 1. The van der Waals surface area contributed by atoms with Gasteiger partial charge in [-0.2, -0.15) is 0 Å². The molecule has 0 aromatic heterocycles. The summed E-state index contributed by atoms with van der Waals surface area (Å²) in [6.45, 7) is 5.36. The fourth-order valence-electron chi connectivity index (χ4n) is 1.40. The van der Waals surface area contributed by atoms with Crippen LogP contribution >= 0.6 is 0 Å². The summed E-state index contributed by atoms with van der Waals surface area (Å²) in [7, 11) is 0. The van der Waals surface area contributed by atoms with Crippen LogP contribution in [0.5, 0.6) is 0 Å². The Hall–Kier alpha value is -0.690. The molecule has 0 fully saturated rings. The number of aliphatic carboxylic acids is 1. The Morgan fingerprint density at radius 3 is 1.82 bits per heavy atom. The van der Waals surface area contributed by atoms with Gasteiger partial charge in [-0.25, -0.2) is 0 Å². The number of carbonyl (C=O) groups is 1. The van der Waals surface area contributed by atoms with Gasteiger partial charge < -0.3 is 27.2 Å². The molecule has 0 saturated carbocycles. The van der Waals surface area contributed by atoms with Gasteiger partial charge in [-0.05, 0) is 45.9 Å². The van der Waals surface area contributed by atoms with Gasteiger partial charge in [0.2, 0.25) is 0 Å². The molecule has 0 aliphatic carbocycles. The van der Waals surface area contributed by atoms with Gasteiger partial charge in [0.15, 0.2) is 0 Å². The van der Waals surface area contributed by atoms with E-state index in [1.807, 2.05) is 0 Å². The number of nitrogens with two attached hydrogens (primary N) is 2. The summed E-state index contributed by atoms with van der Waals surface area (Å²) in [5.41, 5.74) is 9.95. The van der Waals surface area contributed by atoms with E-state index in [1.54, 1.807) is 6.92 Å². The van der Waals surface area contributed by atoms with Crippen LogP contribution in [0.3, 0.4) is 0 Å². The third-order valence-corrected chi connectivity index (χ3v) is 2.66. The van der Waals surface area contributed by atoms with Gasteiger partial charge in [0.05, 0.1) is 5.41 Å². The maximum absolute atomic E-state index is 11.2. The van der Waals surface area contributed by atoms with E-state index in [0.717, 1.165) is 25.9 Å². The van der Waals surface area contributed by atoms with Crippen molar-refractivity contribution in [2.45, 2.75) is 19.8 Å². The van der Waals surface area contributed by atoms with Gasteiger partial charge in [-0.1, -0.05) is 0 Å². The van der Waals surface area contributed by atoms with Crippen LogP contribution in [-0.4, -0.2) is 50.3 Å². The largest absolute Gasteiger partial charge is 0.481 e. The van der Waals surface area contributed by atoms with Gasteiger partial charge in [0, 0.05) is 13.1 Å². The number of hydrogen-bond acceptors (Lipinski definition) is 5. The molecule has 7 N–H and O–H groups in total. The molecule has 102 valence electrons. The average Bonchev–Trinajstić information content (AvgIpc) is 2.30. The molecular formula is C11H26N4O2. The molecule has 6 nitrogen and oxygen atoms in total. The molecule has 0 heterocycles. The van der Waals surface area contributed by atoms with Crippen molar-refractivity contribution in [3.63, 3.8) is 0 Å². The van der Waals surface area contributed by atoms with E-state index in [4.69, 9.17) is 11.5 Å². The van der Waals surface area contributed by atoms with Crippen molar-refractivity contribution in [2.24, 2.45) is 16.9 Å². The van der Waals surface area contributed by atoms with E-state index in [1.165, 1.54) is 0 Å². The second-order valence-corrected chi connectivity index (χ2v) is 4.50. The molecule has 0 bridgehead atoms. The van der Waals surface area contributed by atoms with Crippen molar-refractivity contribution in [1.82, 2.24) is 10.6 Å². The van der Waals surface area contributed by atoms with E-state index in [0.29, 0.717) is 26.2 Å². The summed E-state index contributed by atoms with van der Waals surface area (Å²) in [6.07, 6.45) is 1.71. The number of carboxylic acid groups (broad SMARTS) is 1. The topological polar surface area (TPSA) is 113 Å². The fourth-order valence-corrected chi connectivity index (χ4v) is 1.40. The molecule has 0 saturated heterocycles. The minimum absolute atomic E-state index is 0.442. The lowest BCUT2D eigenvalue weighted by molar-refractivity contribution is -0.147. The lowest BCUT2D eigenvalue weighted by atomic mass is 9.90.